The minimum absolute atomic E-state index is 0.00227. The summed E-state index contributed by atoms with van der Waals surface area (Å²) in [6.07, 6.45) is -2.62. The number of hydrogen-bond donors (Lipinski definition) is 3. The van der Waals surface area contributed by atoms with E-state index in [1.165, 1.54) is 6.33 Å². The van der Waals surface area contributed by atoms with Gasteiger partial charge in [0.05, 0.1) is 5.56 Å². The summed E-state index contributed by atoms with van der Waals surface area (Å²) in [5, 5.41) is 8.38. The Balaban J connectivity index is 1.59. The molecule has 3 heterocycles. The number of esters is 1. The summed E-state index contributed by atoms with van der Waals surface area (Å²) < 4.78 is 27.5. The molecule has 0 aliphatic carbocycles. The molecule has 4 N–H and O–H groups in total. The van der Waals surface area contributed by atoms with E-state index >= 15 is 0 Å². The molecule has 1 aromatic carbocycles. The Kier molecular flexibility index (Phi) is 5.45. The number of fused-ring (bicyclic) bond motifs is 1. The van der Waals surface area contributed by atoms with Crippen molar-refractivity contribution in [1.29, 1.82) is 0 Å². The average Bonchev–Trinajstić information content (AvgIpc) is 3.31. The Labute approximate surface area is 168 Å². The van der Waals surface area contributed by atoms with Crippen LogP contribution >= 0.6 is 7.60 Å². The van der Waals surface area contributed by atoms with Crippen molar-refractivity contribution in [1.82, 2.24) is 25.0 Å². The maximum absolute atomic E-state index is 12.5. The Bertz CT molecular complexity index is 1100. The van der Waals surface area contributed by atoms with Crippen LogP contribution in [0.15, 0.2) is 36.7 Å². The van der Waals surface area contributed by atoms with Crippen LogP contribution in [0.5, 0.6) is 0 Å². The Morgan fingerprint density at radius 2 is 2.03 bits per heavy atom. The number of nitrogen functional groups attached to an aromatic ring is 1. The Morgan fingerprint density at radius 3 is 2.73 bits per heavy atom. The fraction of sp³-hybridized carbons (Fsp3) is 0.312. The number of nitrogens with two attached hydrogens (primary N) is 1. The van der Waals surface area contributed by atoms with E-state index < -0.39 is 38.5 Å². The second kappa shape index (κ2) is 8.05. The van der Waals surface area contributed by atoms with Gasteiger partial charge in [0.2, 0.25) is 11.9 Å². The molecule has 14 heteroatoms. The maximum atomic E-state index is 12.5. The van der Waals surface area contributed by atoms with E-state index in [0.29, 0.717) is 5.56 Å². The predicted octanol–water partition coefficient (Wildman–Crippen LogP) is 0.426. The smallest absolute Gasteiger partial charge is 0.351 e. The van der Waals surface area contributed by atoms with Crippen LogP contribution in [-0.2, 0) is 18.8 Å². The lowest BCUT2D eigenvalue weighted by Crippen LogP contribution is -2.27. The molecule has 13 nitrogen and oxygen atoms in total. The number of aromatic nitrogens is 5. The van der Waals surface area contributed by atoms with Crippen LogP contribution in [0, 0.1) is 0 Å². The molecule has 3 aromatic rings. The van der Waals surface area contributed by atoms with Crippen LogP contribution in [0.25, 0.3) is 11.2 Å². The first-order chi connectivity index (χ1) is 14.3. The third-order valence-corrected chi connectivity index (χ3v) is 4.67. The van der Waals surface area contributed by atoms with Crippen molar-refractivity contribution in [2.45, 2.75) is 25.0 Å². The number of rotatable bonds is 6. The minimum Gasteiger partial charge on any atom is -0.454 e. The second-order valence-corrected chi connectivity index (χ2v) is 8.00. The van der Waals surface area contributed by atoms with E-state index in [1.807, 2.05) is 0 Å². The largest absolute Gasteiger partial charge is 0.454 e. The van der Waals surface area contributed by atoms with Crippen molar-refractivity contribution in [2.75, 3.05) is 12.1 Å². The molecule has 0 spiro atoms. The van der Waals surface area contributed by atoms with E-state index in [-0.39, 0.29) is 23.4 Å². The molecule has 1 fully saturated rings. The van der Waals surface area contributed by atoms with E-state index in [0.717, 1.165) is 4.80 Å². The quantitative estimate of drug-likeness (QED) is 0.358. The zero-order chi connectivity index (χ0) is 21.3. The van der Waals surface area contributed by atoms with Crippen molar-refractivity contribution in [2.24, 2.45) is 0 Å². The molecule has 0 amide bonds. The first-order valence-electron chi connectivity index (χ1n) is 8.71. The highest BCUT2D eigenvalue weighted by Crippen LogP contribution is 2.38. The van der Waals surface area contributed by atoms with Gasteiger partial charge in [0, 0.05) is 6.42 Å². The molecule has 3 atom stereocenters. The normalized spacial score (nSPS) is 21.7. The van der Waals surface area contributed by atoms with Crippen LogP contribution in [-0.4, -0.2) is 59.5 Å². The number of hydrogen-bond acceptors (Lipinski definition) is 10. The highest BCUT2D eigenvalue weighted by Gasteiger charge is 2.42. The summed E-state index contributed by atoms with van der Waals surface area (Å²) in [5.74, 6) is -0.503. The highest BCUT2D eigenvalue weighted by atomic mass is 31.2. The Hall–Kier alpha value is -2.96. The van der Waals surface area contributed by atoms with Crippen molar-refractivity contribution >= 4 is 30.5 Å². The molecule has 1 aliphatic heterocycles. The topological polar surface area (TPSA) is 185 Å². The third kappa shape index (κ3) is 4.45. The number of nitrogens with zero attached hydrogens (tertiary/aromatic N) is 5. The Morgan fingerprint density at radius 1 is 1.27 bits per heavy atom. The van der Waals surface area contributed by atoms with Crippen molar-refractivity contribution in [3.63, 3.8) is 0 Å². The standard InChI is InChI=1S/C16H17N6O7P/c17-13-12-14(19-7-18-13)21-22(20-12)15-10(6-11(29-15)27-8-30(24,25)26)28-16(23)9-4-2-1-3-5-9/h1-5,7,10-11,15H,6,8H2,(H2,24,25,26)(H2,17,18,19,21)/t10-,11+,15-/m1/s1. The van der Waals surface area contributed by atoms with Crippen molar-refractivity contribution < 1.29 is 33.4 Å². The number of anilines is 1. The van der Waals surface area contributed by atoms with E-state index in [1.54, 1.807) is 30.3 Å². The van der Waals surface area contributed by atoms with Gasteiger partial charge in [0.1, 0.15) is 6.33 Å². The van der Waals surface area contributed by atoms with E-state index in [9.17, 15) is 9.36 Å². The third-order valence-electron chi connectivity index (χ3n) is 4.19. The summed E-state index contributed by atoms with van der Waals surface area (Å²) >= 11 is 0. The summed E-state index contributed by atoms with van der Waals surface area (Å²) in [4.78, 5) is 39.5. The highest BCUT2D eigenvalue weighted by molar-refractivity contribution is 7.51. The van der Waals surface area contributed by atoms with Gasteiger partial charge in [-0.15, -0.1) is 15.0 Å². The maximum Gasteiger partial charge on any atom is 0.351 e. The fourth-order valence-corrected chi connectivity index (χ4v) is 3.23. The number of carbonyl (C=O) groups excluding carboxylic acids is 1. The van der Waals surface area contributed by atoms with Gasteiger partial charge in [-0.2, -0.15) is 0 Å². The zero-order valence-electron chi connectivity index (χ0n) is 15.3. The van der Waals surface area contributed by atoms with Gasteiger partial charge in [0.15, 0.2) is 30.1 Å². The van der Waals surface area contributed by atoms with Gasteiger partial charge in [-0.1, -0.05) is 18.2 Å². The van der Waals surface area contributed by atoms with Gasteiger partial charge in [-0.05, 0) is 12.1 Å². The lowest BCUT2D eigenvalue weighted by Gasteiger charge is -2.17. The fourth-order valence-electron chi connectivity index (χ4n) is 2.87. The van der Waals surface area contributed by atoms with Crippen molar-refractivity contribution in [3.05, 3.63) is 42.2 Å². The number of benzene rings is 1. The molecule has 4 rings (SSSR count). The van der Waals surface area contributed by atoms with Gasteiger partial charge in [-0.3, -0.25) is 4.57 Å². The average molecular weight is 436 g/mol. The van der Waals surface area contributed by atoms with Gasteiger partial charge in [0.25, 0.3) is 0 Å². The van der Waals surface area contributed by atoms with E-state index in [2.05, 4.69) is 20.2 Å². The van der Waals surface area contributed by atoms with Crippen LogP contribution in [0.4, 0.5) is 5.82 Å². The zero-order valence-corrected chi connectivity index (χ0v) is 16.2. The molecule has 0 radical (unpaired) electrons. The van der Waals surface area contributed by atoms with Gasteiger partial charge < -0.3 is 29.7 Å². The van der Waals surface area contributed by atoms with Crippen LogP contribution < -0.4 is 5.73 Å². The molecule has 1 saturated heterocycles. The van der Waals surface area contributed by atoms with E-state index in [4.69, 9.17) is 29.7 Å². The monoisotopic (exact) mass is 436 g/mol. The first kappa shape index (κ1) is 20.3. The summed E-state index contributed by atoms with van der Waals surface area (Å²) in [6.45, 7) is 0. The van der Waals surface area contributed by atoms with Crippen LogP contribution in [0.3, 0.4) is 0 Å². The molecule has 0 bridgehead atoms. The van der Waals surface area contributed by atoms with Gasteiger partial charge in [-0.25, -0.2) is 14.8 Å². The molecular weight excluding hydrogens is 419 g/mol. The van der Waals surface area contributed by atoms with Crippen molar-refractivity contribution in [3.8, 4) is 0 Å². The minimum atomic E-state index is -4.42. The van der Waals surface area contributed by atoms with Crippen LogP contribution in [0.1, 0.15) is 23.0 Å². The molecular formula is C16H17N6O7P. The summed E-state index contributed by atoms with van der Waals surface area (Å²) in [7, 11) is -4.42. The number of carbonyl (C=O) groups is 1. The lowest BCUT2D eigenvalue weighted by atomic mass is 10.2. The number of ether oxygens (including phenoxy) is 3. The molecule has 2 aromatic heterocycles. The second-order valence-electron chi connectivity index (χ2n) is 6.41. The molecule has 1 aliphatic rings. The molecule has 158 valence electrons. The van der Waals surface area contributed by atoms with Gasteiger partial charge >= 0.3 is 13.6 Å². The predicted molar refractivity (Wildman–Crippen MR) is 99.7 cm³/mol. The van der Waals surface area contributed by atoms with Crippen LogP contribution in [0.2, 0.25) is 0 Å². The molecule has 30 heavy (non-hydrogen) atoms. The summed E-state index contributed by atoms with van der Waals surface area (Å²) in [6, 6.07) is 8.31. The molecule has 0 saturated carbocycles. The lowest BCUT2D eigenvalue weighted by molar-refractivity contribution is -0.153. The summed E-state index contributed by atoms with van der Waals surface area (Å²) in [5.41, 5.74) is 6.54. The first-order valence-corrected chi connectivity index (χ1v) is 10.5. The molecule has 0 unspecified atom stereocenters. The SMILES string of the molecule is Nc1ncnc2nn([C@@H]3O[C@H](OCP(=O)(O)O)C[C@H]3OC(=O)c3ccccc3)nc12.